The van der Waals surface area contributed by atoms with Crippen LogP contribution in [0.3, 0.4) is 0 Å². The number of anilines is 2. The molecule has 0 spiro atoms. The molecule has 19 heavy (non-hydrogen) atoms. The standard InChI is InChI=1S/C13H15N3O3/c1-3-18-11-5-4-9(6-10(11)15-8(2)17)12-7-13(14)16-19-12/h4-7H,3H2,1-2H3,(H2,14,16)(H,15,17). The minimum atomic E-state index is -0.171. The van der Waals surface area contributed by atoms with Gasteiger partial charge in [-0.25, -0.2) is 0 Å². The summed E-state index contributed by atoms with van der Waals surface area (Å²) >= 11 is 0. The SMILES string of the molecule is CCOc1ccc(-c2cc(N)no2)cc1NC(C)=O. The summed E-state index contributed by atoms with van der Waals surface area (Å²) in [5.74, 6) is 1.28. The normalized spacial score (nSPS) is 10.2. The highest BCUT2D eigenvalue weighted by Crippen LogP contribution is 2.31. The van der Waals surface area contributed by atoms with Gasteiger partial charge in [0.1, 0.15) is 5.75 Å². The molecule has 0 bridgehead atoms. The van der Waals surface area contributed by atoms with Crippen LogP contribution in [0.4, 0.5) is 11.5 Å². The molecule has 1 amide bonds. The Bertz CT molecular complexity index is 593. The number of hydrogen-bond donors (Lipinski definition) is 2. The van der Waals surface area contributed by atoms with Crippen molar-refractivity contribution in [1.82, 2.24) is 5.16 Å². The molecule has 1 heterocycles. The van der Waals surface area contributed by atoms with Crippen LogP contribution in [0.25, 0.3) is 11.3 Å². The van der Waals surface area contributed by atoms with Crippen LogP contribution in [-0.2, 0) is 4.79 Å². The Balaban J connectivity index is 2.39. The Morgan fingerprint density at radius 3 is 2.84 bits per heavy atom. The van der Waals surface area contributed by atoms with Gasteiger partial charge in [-0.05, 0) is 25.1 Å². The highest BCUT2D eigenvalue weighted by atomic mass is 16.5. The highest BCUT2D eigenvalue weighted by Gasteiger charge is 2.10. The maximum atomic E-state index is 11.2. The van der Waals surface area contributed by atoms with Crippen LogP contribution < -0.4 is 15.8 Å². The van der Waals surface area contributed by atoms with Crippen molar-refractivity contribution >= 4 is 17.4 Å². The summed E-state index contributed by atoms with van der Waals surface area (Å²) in [4.78, 5) is 11.2. The van der Waals surface area contributed by atoms with Crippen LogP contribution in [0, 0.1) is 0 Å². The van der Waals surface area contributed by atoms with Crippen molar-refractivity contribution in [2.45, 2.75) is 13.8 Å². The molecule has 2 aromatic rings. The lowest BCUT2D eigenvalue weighted by Crippen LogP contribution is -2.08. The summed E-state index contributed by atoms with van der Waals surface area (Å²) in [5.41, 5.74) is 6.86. The molecule has 6 heteroatoms. The van der Waals surface area contributed by atoms with Gasteiger partial charge < -0.3 is 20.3 Å². The monoisotopic (exact) mass is 261 g/mol. The maximum absolute atomic E-state index is 11.2. The van der Waals surface area contributed by atoms with Crippen molar-refractivity contribution in [1.29, 1.82) is 0 Å². The summed E-state index contributed by atoms with van der Waals surface area (Å²) in [6.45, 7) is 3.83. The van der Waals surface area contributed by atoms with E-state index in [0.717, 1.165) is 5.56 Å². The molecule has 1 aromatic heterocycles. The van der Waals surface area contributed by atoms with E-state index >= 15 is 0 Å². The van der Waals surface area contributed by atoms with Gasteiger partial charge in [0, 0.05) is 18.6 Å². The molecule has 0 unspecified atom stereocenters. The Kier molecular flexibility index (Phi) is 3.70. The van der Waals surface area contributed by atoms with Gasteiger partial charge in [-0.3, -0.25) is 4.79 Å². The van der Waals surface area contributed by atoms with E-state index in [-0.39, 0.29) is 5.91 Å². The van der Waals surface area contributed by atoms with Gasteiger partial charge in [0.05, 0.1) is 12.3 Å². The average Bonchev–Trinajstić information content (AvgIpc) is 2.78. The zero-order chi connectivity index (χ0) is 13.8. The van der Waals surface area contributed by atoms with E-state index in [1.165, 1.54) is 6.92 Å². The molecule has 0 radical (unpaired) electrons. The first-order valence-corrected chi connectivity index (χ1v) is 5.87. The molecule has 0 aliphatic rings. The van der Waals surface area contributed by atoms with Crippen molar-refractivity contribution in [2.24, 2.45) is 0 Å². The van der Waals surface area contributed by atoms with Gasteiger partial charge in [0.2, 0.25) is 5.91 Å². The van der Waals surface area contributed by atoms with Gasteiger partial charge in [-0.15, -0.1) is 0 Å². The smallest absolute Gasteiger partial charge is 0.221 e. The third-order valence-corrected chi connectivity index (χ3v) is 2.40. The summed E-state index contributed by atoms with van der Waals surface area (Å²) in [5, 5.41) is 6.34. The quantitative estimate of drug-likeness (QED) is 0.881. The second-order valence-corrected chi connectivity index (χ2v) is 3.94. The van der Waals surface area contributed by atoms with Gasteiger partial charge in [0.15, 0.2) is 11.6 Å². The molecule has 100 valence electrons. The molecule has 0 aliphatic carbocycles. The number of ether oxygens (including phenoxy) is 1. The first kappa shape index (κ1) is 12.9. The van der Waals surface area contributed by atoms with E-state index in [0.29, 0.717) is 29.6 Å². The average molecular weight is 261 g/mol. The molecule has 0 aliphatic heterocycles. The zero-order valence-corrected chi connectivity index (χ0v) is 10.8. The Labute approximate surface area is 110 Å². The number of nitrogens with one attached hydrogen (secondary N) is 1. The predicted molar refractivity (Wildman–Crippen MR) is 71.8 cm³/mol. The molecule has 0 atom stereocenters. The number of benzene rings is 1. The first-order chi connectivity index (χ1) is 9.10. The number of nitrogens with zero attached hydrogens (tertiary/aromatic N) is 1. The molecular formula is C13H15N3O3. The van der Waals surface area contributed by atoms with Crippen LogP contribution in [0.1, 0.15) is 13.8 Å². The van der Waals surface area contributed by atoms with Gasteiger partial charge >= 0.3 is 0 Å². The lowest BCUT2D eigenvalue weighted by Gasteiger charge is -2.11. The summed E-state index contributed by atoms with van der Waals surface area (Å²) in [7, 11) is 0. The number of nitrogen functional groups attached to an aromatic ring is 1. The number of hydrogen-bond acceptors (Lipinski definition) is 5. The number of carbonyl (C=O) groups is 1. The van der Waals surface area contributed by atoms with E-state index in [4.69, 9.17) is 15.0 Å². The lowest BCUT2D eigenvalue weighted by atomic mass is 10.1. The molecule has 2 rings (SSSR count). The third-order valence-electron chi connectivity index (χ3n) is 2.40. The molecule has 6 nitrogen and oxygen atoms in total. The molecular weight excluding hydrogens is 246 g/mol. The summed E-state index contributed by atoms with van der Waals surface area (Å²) in [6, 6.07) is 6.96. The second kappa shape index (κ2) is 5.43. The van der Waals surface area contributed by atoms with E-state index in [2.05, 4.69) is 10.5 Å². The summed E-state index contributed by atoms with van der Waals surface area (Å²) < 4.78 is 10.5. The minimum absolute atomic E-state index is 0.171. The minimum Gasteiger partial charge on any atom is -0.492 e. The predicted octanol–water partition coefficient (Wildman–Crippen LogP) is 2.28. The van der Waals surface area contributed by atoms with Crippen molar-refractivity contribution in [3.05, 3.63) is 24.3 Å². The topological polar surface area (TPSA) is 90.4 Å². The zero-order valence-electron chi connectivity index (χ0n) is 10.8. The van der Waals surface area contributed by atoms with Crippen LogP contribution >= 0.6 is 0 Å². The molecule has 0 saturated carbocycles. The number of amides is 1. The van der Waals surface area contributed by atoms with Crippen LogP contribution in [-0.4, -0.2) is 17.7 Å². The largest absolute Gasteiger partial charge is 0.492 e. The van der Waals surface area contributed by atoms with E-state index in [9.17, 15) is 4.79 Å². The third kappa shape index (κ3) is 3.04. The molecule has 0 fully saturated rings. The Hall–Kier alpha value is -2.50. The Morgan fingerprint density at radius 1 is 1.47 bits per heavy atom. The molecule has 0 saturated heterocycles. The number of rotatable bonds is 4. The first-order valence-electron chi connectivity index (χ1n) is 5.87. The van der Waals surface area contributed by atoms with Crippen molar-refractivity contribution in [2.75, 3.05) is 17.7 Å². The van der Waals surface area contributed by atoms with Crippen LogP contribution in [0.15, 0.2) is 28.8 Å². The van der Waals surface area contributed by atoms with E-state index in [1.54, 1.807) is 18.2 Å². The fraction of sp³-hybridized carbons (Fsp3) is 0.231. The van der Waals surface area contributed by atoms with Crippen molar-refractivity contribution in [3.63, 3.8) is 0 Å². The van der Waals surface area contributed by atoms with E-state index < -0.39 is 0 Å². The number of nitrogens with two attached hydrogens (primary N) is 1. The number of carbonyl (C=O) groups excluding carboxylic acids is 1. The highest BCUT2D eigenvalue weighted by molar-refractivity contribution is 5.91. The van der Waals surface area contributed by atoms with Crippen LogP contribution in [0.5, 0.6) is 5.75 Å². The maximum Gasteiger partial charge on any atom is 0.221 e. The fourth-order valence-corrected chi connectivity index (χ4v) is 1.68. The summed E-state index contributed by atoms with van der Waals surface area (Å²) in [6.07, 6.45) is 0. The van der Waals surface area contributed by atoms with Gasteiger partial charge in [-0.2, -0.15) is 0 Å². The van der Waals surface area contributed by atoms with Gasteiger partial charge in [0.25, 0.3) is 0 Å². The fourth-order valence-electron chi connectivity index (χ4n) is 1.68. The van der Waals surface area contributed by atoms with Crippen LogP contribution in [0.2, 0.25) is 0 Å². The molecule has 1 aromatic carbocycles. The Morgan fingerprint density at radius 2 is 2.26 bits per heavy atom. The number of aromatic nitrogens is 1. The van der Waals surface area contributed by atoms with E-state index in [1.807, 2.05) is 13.0 Å². The van der Waals surface area contributed by atoms with Crippen molar-refractivity contribution < 1.29 is 14.1 Å². The van der Waals surface area contributed by atoms with Crippen molar-refractivity contribution in [3.8, 4) is 17.1 Å². The van der Waals surface area contributed by atoms with Gasteiger partial charge in [-0.1, -0.05) is 5.16 Å². The lowest BCUT2D eigenvalue weighted by molar-refractivity contribution is -0.114. The molecule has 3 N–H and O–H groups in total. The second-order valence-electron chi connectivity index (χ2n) is 3.94.